The zero-order chi connectivity index (χ0) is 18.3. The SMILES string of the molecule is CCCC(C)(SCCCC(F)(F)C(F)(F)F)C(=O)OCC(C)C. The second-order valence-corrected chi connectivity index (χ2v) is 7.73. The third-order valence-corrected chi connectivity index (χ3v) is 4.68. The van der Waals surface area contributed by atoms with E-state index in [1.807, 2.05) is 20.8 Å². The average Bonchev–Trinajstić information content (AvgIpc) is 2.40. The summed E-state index contributed by atoms with van der Waals surface area (Å²) in [5.74, 6) is -4.92. The molecular weight excluding hydrogens is 339 g/mol. The van der Waals surface area contributed by atoms with Crippen LogP contribution in [0.15, 0.2) is 0 Å². The Hall–Kier alpha value is -0.530. The number of hydrogen-bond acceptors (Lipinski definition) is 3. The van der Waals surface area contributed by atoms with Crippen LogP contribution >= 0.6 is 11.8 Å². The molecule has 0 saturated carbocycles. The summed E-state index contributed by atoms with van der Waals surface area (Å²) in [5, 5.41) is 0. The number of ether oxygens (including phenoxy) is 1. The van der Waals surface area contributed by atoms with E-state index in [2.05, 4.69) is 0 Å². The second kappa shape index (κ2) is 9.08. The first-order valence-corrected chi connectivity index (χ1v) is 8.60. The van der Waals surface area contributed by atoms with Crippen LogP contribution in [0, 0.1) is 5.92 Å². The Bertz CT molecular complexity index is 371. The van der Waals surface area contributed by atoms with Gasteiger partial charge in [0.25, 0.3) is 0 Å². The molecule has 0 heterocycles. The minimum absolute atomic E-state index is 0.0406. The fraction of sp³-hybridized carbons (Fsp3) is 0.933. The standard InChI is InChI=1S/C15H25F5O2S/c1-5-7-13(4,12(21)22-10-11(2)3)23-9-6-8-14(16,17)15(18,19)20/h11H,5-10H2,1-4H3. The number of rotatable bonds is 10. The van der Waals surface area contributed by atoms with Crippen LogP contribution in [0.25, 0.3) is 0 Å². The minimum atomic E-state index is -5.53. The van der Waals surface area contributed by atoms with E-state index in [4.69, 9.17) is 4.74 Å². The first-order chi connectivity index (χ1) is 10.4. The van der Waals surface area contributed by atoms with Crippen molar-refractivity contribution in [1.29, 1.82) is 0 Å². The van der Waals surface area contributed by atoms with Gasteiger partial charge >= 0.3 is 18.1 Å². The van der Waals surface area contributed by atoms with Gasteiger partial charge in [-0.3, -0.25) is 4.79 Å². The highest BCUT2D eigenvalue weighted by atomic mass is 32.2. The molecule has 2 nitrogen and oxygen atoms in total. The highest BCUT2D eigenvalue weighted by molar-refractivity contribution is 8.01. The lowest BCUT2D eigenvalue weighted by Gasteiger charge is -2.27. The molecule has 138 valence electrons. The van der Waals surface area contributed by atoms with Gasteiger partial charge in [-0.05, 0) is 31.4 Å². The van der Waals surface area contributed by atoms with Gasteiger partial charge in [0.05, 0.1) is 6.61 Å². The summed E-state index contributed by atoms with van der Waals surface area (Å²) in [6.45, 7) is 7.54. The Morgan fingerprint density at radius 1 is 1.13 bits per heavy atom. The Morgan fingerprint density at radius 3 is 2.13 bits per heavy atom. The molecule has 0 aromatic carbocycles. The van der Waals surface area contributed by atoms with Crippen molar-refractivity contribution in [2.45, 2.75) is 70.2 Å². The lowest BCUT2D eigenvalue weighted by atomic mass is 10.1. The van der Waals surface area contributed by atoms with E-state index in [0.717, 1.165) is 11.8 Å². The zero-order valence-corrected chi connectivity index (χ0v) is 14.8. The highest BCUT2D eigenvalue weighted by Gasteiger charge is 2.56. The molecule has 0 bridgehead atoms. The molecular formula is C15H25F5O2S. The van der Waals surface area contributed by atoms with Gasteiger partial charge < -0.3 is 4.74 Å². The fourth-order valence-electron chi connectivity index (χ4n) is 1.84. The maximum Gasteiger partial charge on any atom is 0.453 e. The molecule has 0 aliphatic heterocycles. The van der Waals surface area contributed by atoms with E-state index in [1.54, 1.807) is 6.92 Å². The number of carbonyl (C=O) groups excluding carboxylic acids is 1. The monoisotopic (exact) mass is 364 g/mol. The number of hydrogen-bond donors (Lipinski definition) is 0. The molecule has 23 heavy (non-hydrogen) atoms. The molecule has 8 heteroatoms. The molecule has 0 aromatic rings. The zero-order valence-electron chi connectivity index (χ0n) is 13.9. The predicted octanol–water partition coefficient (Wildman–Crippen LogP) is 5.46. The smallest absolute Gasteiger partial charge is 0.453 e. The van der Waals surface area contributed by atoms with Crippen LogP contribution in [-0.2, 0) is 9.53 Å². The van der Waals surface area contributed by atoms with Crippen molar-refractivity contribution in [1.82, 2.24) is 0 Å². The van der Waals surface area contributed by atoms with Crippen LogP contribution in [0.1, 0.15) is 53.4 Å². The van der Waals surface area contributed by atoms with Gasteiger partial charge in [0.2, 0.25) is 0 Å². The molecule has 0 aromatic heterocycles. The first kappa shape index (κ1) is 22.5. The molecule has 0 amide bonds. The van der Waals surface area contributed by atoms with Crippen LogP contribution in [0.4, 0.5) is 22.0 Å². The van der Waals surface area contributed by atoms with E-state index < -0.39 is 29.2 Å². The average molecular weight is 364 g/mol. The summed E-state index contributed by atoms with van der Waals surface area (Å²) < 4.78 is 66.2. The molecule has 0 aliphatic carbocycles. The Kier molecular flexibility index (Phi) is 8.87. The minimum Gasteiger partial charge on any atom is -0.464 e. The highest BCUT2D eigenvalue weighted by Crippen LogP contribution is 2.40. The maximum atomic E-state index is 12.8. The van der Waals surface area contributed by atoms with E-state index in [1.165, 1.54) is 0 Å². The first-order valence-electron chi connectivity index (χ1n) is 7.61. The van der Waals surface area contributed by atoms with Crippen molar-refractivity contribution in [3.63, 3.8) is 0 Å². The number of halogens is 5. The molecule has 0 N–H and O–H groups in total. The van der Waals surface area contributed by atoms with Gasteiger partial charge in [-0.2, -0.15) is 22.0 Å². The molecule has 1 atom stereocenters. The maximum absolute atomic E-state index is 12.8. The summed E-state index contributed by atoms with van der Waals surface area (Å²) in [4.78, 5) is 12.1. The van der Waals surface area contributed by atoms with Gasteiger partial charge in [0.15, 0.2) is 0 Å². The van der Waals surface area contributed by atoms with Gasteiger partial charge in [0.1, 0.15) is 4.75 Å². The number of thioether (sulfide) groups is 1. The Labute approximate surface area is 138 Å². The van der Waals surface area contributed by atoms with E-state index >= 15 is 0 Å². The Morgan fingerprint density at radius 2 is 1.70 bits per heavy atom. The van der Waals surface area contributed by atoms with Gasteiger partial charge in [-0.15, -0.1) is 11.8 Å². The van der Waals surface area contributed by atoms with E-state index in [0.29, 0.717) is 12.8 Å². The van der Waals surface area contributed by atoms with Gasteiger partial charge in [-0.25, -0.2) is 0 Å². The molecule has 0 fully saturated rings. The molecule has 0 saturated heterocycles. The summed E-state index contributed by atoms with van der Waals surface area (Å²) in [5.41, 5.74) is 0. The quantitative estimate of drug-likeness (QED) is 0.293. The normalized spacial score (nSPS) is 15.6. The number of alkyl halides is 5. The van der Waals surface area contributed by atoms with Crippen molar-refractivity contribution >= 4 is 17.7 Å². The van der Waals surface area contributed by atoms with E-state index in [9.17, 15) is 26.7 Å². The third kappa shape index (κ3) is 7.72. The van der Waals surface area contributed by atoms with Crippen molar-refractivity contribution in [3.05, 3.63) is 0 Å². The third-order valence-electron chi connectivity index (χ3n) is 3.18. The number of esters is 1. The molecule has 0 radical (unpaired) electrons. The van der Waals surface area contributed by atoms with Crippen molar-refractivity contribution in [3.8, 4) is 0 Å². The summed E-state index contributed by atoms with van der Waals surface area (Å²) in [6.07, 6.45) is -5.97. The summed E-state index contributed by atoms with van der Waals surface area (Å²) >= 11 is 1.08. The van der Waals surface area contributed by atoms with Gasteiger partial charge in [-0.1, -0.05) is 27.2 Å². The topological polar surface area (TPSA) is 26.3 Å². The fourth-order valence-corrected chi connectivity index (χ4v) is 3.10. The van der Waals surface area contributed by atoms with Crippen LogP contribution in [0.2, 0.25) is 0 Å². The summed E-state index contributed by atoms with van der Waals surface area (Å²) in [6, 6.07) is 0. The van der Waals surface area contributed by atoms with Crippen molar-refractivity contribution in [2.75, 3.05) is 12.4 Å². The van der Waals surface area contributed by atoms with Crippen molar-refractivity contribution < 1.29 is 31.5 Å². The second-order valence-electron chi connectivity index (χ2n) is 6.13. The molecule has 0 rings (SSSR count). The van der Waals surface area contributed by atoms with Crippen LogP contribution in [-0.4, -0.2) is 35.2 Å². The lowest BCUT2D eigenvalue weighted by molar-refractivity contribution is -0.284. The van der Waals surface area contributed by atoms with Gasteiger partial charge in [0, 0.05) is 6.42 Å². The molecule has 0 aliphatic rings. The largest absolute Gasteiger partial charge is 0.464 e. The molecule has 1 unspecified atom stereocenters. The van der Waals surface area contributed by atoms with Crippen LogP contribution < -0.4 is 0 Å². The Balaban J connectivity index is 4.51. The summed E-state index contributed by atoms with van der Waals surface area (Å²) in [7, 11) is 0. The molecule has 0 spiro atoms. The predicted molar refractivity (Wildman–Crippen MR) is 81.8 cm³/mol. The number of carbonyl (C=O) groups is 1. The lowest BCUT2D eigenvalue weighted by Crippen LogP contribution is -2.37. The van der Waals surface area contributed by atoms with Crippen LogP contribution in [0.3, 0.4) is 0 Å². The van der Waals surface area contributed by atoms with E-state index in [-0.39, 0.29) is 24.7 Å². The van der Waals surface area contributed by atoms with Crippen LogP contribution in [0.5, 0.6) is 0 Å². The van der Waals surface area contributed by atoms with Crippen molar-refractivity contribution in [2.24, 2.45) is 5.92 Å².